The minimum Gasteiger partial charge on any atom is -0.480 e. The molecule has 0 aromatic carbocycles. The van der Waals surface area contributed by atoms with E-state index in [2.05, 4.69) is 10.6 Å². The van der Waals surface area contributed by atoms with Crippen LogP contribution in [0.15, 0.2) is 0 Å². The smallest absolute Gasteiger partial charge is 0.326 e. The van der Waals surface area contributed by atoms with Crippen LogP contribution in [0.3, 0.4) is 0 Å². The molecule has 3 unspecified atom stereocenters. The number of carbonyl (C=O) groups excluding carboxylic acids is 1. The molecule has 1 fully saturated rings. The van der Waals surface area contributed by atoms with Crippen molar-refractivity contribution < 1.29 is 19.8 Å². The van der Waals surface area contributed by atoms with E-state index in [1.807, 2.05) is 0 Å². The maximum atomic E-state index is 11.8. The summed E-state index contributed by atoms with van der Waals surface area (Å²) in [7, 11) is 0. The van der Waals surface area contributed by atoms with Gasteiger partial charge in [0.1, 0.15) is 6.04 Å². The molecule has 0 aromatic rings. The zero-order valence-electron chi connectivity index (χ0n) is 11.6. The molecule has 0 bridgehead atoms. The Labute approximate surface area is 113 Å². The van der Waals surface area contributed by atoms with E-state index in [-0.39, 0.29) is 12.0 Å². The number of hydrogen-bond acceptors (Lipinski definition) is 3. The highest BCUT2D eigenvalue weighted by atomic mass is 16.4. The molecule has 0 aromatic heterocycles. The van der Waals surface area contributed by atoms with Gasteiger partial charge in [0.25, 0.3) is 0 Å². The maximum Gasteiger partial charge on any atom is 0.326 e. The number of amides is 2. The Morgan fingerprint density at radius 1 is 1.16 bits per heavy atom. The number of hydrogen-bond donors (Lipinski definition) is 4. The Bertz CT molecular complexity index is 320. The van der Waals surface area contributed by atoms with Gasteiger partial charge in [-0.3, -0.25) is 0 Å². The van der Waals surface area contributed by atoms with E-state index in [4.69, 9.17) is 5.11 Å². The van der Waals surface area contributed by atoms with Crippen LogP contribution in [0.5, 0.6) is 0 Å². The molecule has 6 heteroatoms. The fourth-order valence-corrected chi connectivity index (χ4v) is 2.32. The topological polar surface area (TPSA) is 98.7 Å². The first-order valence-corrected chi connectivity index (χ1v) is 6.89. The molecule has 1 aliphatic carbocycles. The molecule has 0 radical (unpaired) electrons. The largest absolute Gasteiger partial charge is 0.480 e. The zero-order chi connectivity index (χ0) is 14.4. The van der Waals surface area contributed by atoms with Gasteiger partial charge in [-0.1, -0.05) is 33.1 Å². The van der Waals surface area contributed by atoms with E-state index in [0.717, 1.165) is 25.7 Å². The maximum absolute atomic E-state index is 11.8. The van der Waals surface area contributed by atoms with Crippen LogP contribution in [0.25, 0.3) is 0 Å². The molecule has 1 saturated carbocycles. The third-order valence-electron chi connectivity index (χ3n) is 3.52. The zero-order valence-corrected chi connectivity index (χ0v) is 11.6. The minimum absolute atomic E-state index is 0.192. The Hall–Kier alpha value is -1.30. The highest BCUT2D eigenvalue weighted by Gasteiger charge is 2.27. The number of carboxylic acid groups (broad SMARTS) is 1. The van der Waals surface area contributed by atoms with Crippen molar-refractivity contribution in [3.63, 3.8) is 0 Å². The van der Waals surface area contributed by atoms with Crippen LogP contribution in [-0.4, -0.2) is 40.4 Å². The molecule has 0 spiro atoms. The number of urea groups is 1. The van der Waals surface area contributed by atoms with E-state index < -0.39 is 24.1 Å². The summed E-state index contributed by atoms with van der Waals surface area (Å²) in [6.07, 6.45) is 3.85. The predicted octanol–water partition coefficient (Wildman–Crippen LogP) is 1.09. The lowest BCUT2D eigenvalue weighted by atomic mass is 10.0. The van der Waals surface area contributed by atoms with Crippen molar-refractivity contribution in [1.82, 2.24) is 10.6 Å². The number of carbonyl (C=O) groups is 2. The van der Waals surface area contributed by atoms with Crippen LogP contribution in [0.1, 0.15) is 46.0 Å². The van der Waals surface area contributed by atoms with E-state index in [1.165, 1.54) is 0 Å². The number of aliphatic hydroxyl groups is 1. The summed E-state index contributed by atoms with van der Waals surface area (Å²) in [5.74, 6) is -1.24. The van der Waals surface area contributed by atoms with Crippen molar-refractivity contribution >= 4 is 12.0 Å². The number of aliphatic hydroxyl groups excluding tert-OH is 1. The van der Waals surface area contributed by atoms with Crippen molar-refractivity contribution in [2.24, 2.45) is 5.92 Å². The van der Waals surface area contributed by atoms with Gasteiger partial charge in [0.2, 0.25) is 0 Å². The highest BCUT2D eigenvalue weighted by Crippen LogP contribution is 2.18. The first-order valence-electron chi connectivity index (χ1n) is 6.89. The van der Waals surface area contributed by atoms with Gasteiger partial charge in [-0.15, -0.1) is 0 Å². The molecule has 2 amide bonds. The van der Waals surface area contributed by atoms with Crippen LogP contribution >= 0.6 is 0 Å². The normalized spacial score (nSPS) is 25.5. The average Bonchev–Trinajstić information content (AvgIpc) is 2.51. The monoisotopic (exact) mass is 272 g/mol. The third kappa shape index (κ3) is 5.06. The summed E-state index contributed by atoms with van der Waals surface area (Å²) >= 11 is 0. The van der Waals surface area contributed by atoms with Crippen LogP contribution < -0.4 is 10.6 Å². The van der Waals surface area contributed by atoms with Gasteiger partial charge in [0.05, 0.1) is 12.1 Å². The summed E-state index contributed by atoms with van der Waals surface area (Å²) in [5.41, 5.74) is 0. The molecule has 110 valence electrons. The molecular weight excluding hydrogens is 248 g/mol. The molecule has 1 aliphatic rings. The fraction of sp³-hybridized carbons (Fsp3) is 0.846. The molecule has 1 rings (SSSR count). The van der Waals surface area contributed by atoms with Gasteiger partial charge >= 0.3 is 12.0 Å². The molecular formula is C13H24N2O4. The lowest BCUT2D eigenvalue weighted by Crippen LogP contribution is -2.53. The van der Waals surface area contributed by atoms with Crippen molar-refractivity contribution in [1.29, 1.82) is 0 Å². The molecule has 0 aliphatic heterocycles. The number of aliphatic carboxylic acids is 1. The van der Waals surface area contributed by atoms with Crippen LogP contribution in [-0.2, 0) is 4.79 Å². The Balaban J connectivity index is 2.51. The third-order valence-corrected chi connectivity index (χ3v) is 3.52. The summed E-state index contributed by atoms with van der Waals surface area (Å²) in [6.45, 7) is 3.47. The first kappa shape index (κ1) is 15.8. The van der Waals surface area contributed by atoms with Gasteiger partial charge in [0, 0.05) is 0 Å². The van der Waals surface area contributed by atoms with E-state index in [1.54, 1.807) is 13.8 Å². The van der Waals surface area contributed by atoms with Crippen molar-refractivity contribution in [3.05, 3.63) is 0 Å². The molecule has 19 heavy (non-hydrogen) atoms. The molecule has 0 saturated heterocycles. The summed E-state index contributed by atoms with van der Waals surface area (Å²) in [5, 5.41) is 24.0. The molecule has 3 atom stereocenters. The SMILES string of the molecule is CC(C)C(NC(=O)NC1CCCCCC1O)C(=O)O. The van der Waals surface area contributed by atoms with E-state index in [0.29, 0.717) is 6.42 Å². The number of rotatable bonds is 4. The molecule has 4 N–H and O–H groups in total. The predicted molar refractivity (Wildman–Crippen MR) is 70.8 cm³/mol. The van der Waals surface area contributed by atoms with Gasteiger partial charge in [0.15, 0.2) is 0 Å². The summed E-state index contributed by atoms with van der Waals surface area (Å²) in [6, 6.07) is -1.72. The second kappa shape index (κ2) is 7.33. The summed E-state index contributed by atoms with van der Waals surface area (Å²) < 4.78 is 0. The van der Waals surface area contributed by atoms with Crippen molar-refractivity contribution in [2.45, 2.75) is 64.1 Å². The number of nitrogens with one attached hydrogen (secondary N) is 2. The van der Waals surface area contributed by atoms with E-state index >= 15 is 0 Å². The standard InChI is InChI=1S/C13H24N2O4/c1-8(2)11(12(17)18)15-13(19)14-9-6-4-3-5-7-10(9)16/h8-11,16H,3-7H2,1-2H3,(H,17,18)(H2,14,15,19). The second-order valence-electron chi connectivity index (χ2n) is 5.49. The van der Waals surface area contributed by atoms with Crippen LogP contribution in [0.4, 0.5) is 4.79 Å². The van der Waals surface area contributed by atoms with Crippen LogP contribution in [0.2, 0.25) is 0 Å². The van der Waals surface area contributed by atoms with Crippen LogP contribution in [0, 0.1) is 5.92 Å². The lowest BCUT2D eigenvalue weighted by molar-refractivity contribution is -0.140. The van der Waals surface area contributed by atoms with Gasteiger partial charge in [-0.25, -0.2) is 9.59 Å². The highest BCUT2D eigenvalue weighted by molar-refractivity contribution is 5.82. The lowest BCUT2D eigenvalue weighted by Gasteiger charge is -2.24. The van der Waals surface area contributed by atoms with Gasteiger partial charge < -0.3 is 20.8 Å². The van der Waals surface area contributed by atoms with Gasteiger partial charge in [-0.2, -0.15) is 0 Å². The van der Waals surface area contributed by atoms with Crippen molar-refractivity contribution in [3.8, 4) is 0 Å². The van der Waals surface area contributed by atoms with Crippen molar-refractivity contribution in [2.75, 3.05) is 0 Å². The second-order valence-corrected chi connectivity index (χ2v) is 5.49. The summed E-state index contributed by atoms with van der Waals surface area (Å²) in [4.78, 5) is 22.8. The average molecular weight is 272 g/mol. The minimum atomic E-state index is -1.05. The first-order chi connectivity index (χ1) is 8.91. The fourth-order valence-electron chi connectivity index (χ4n) is 2.32. The quantitative estimate of drug-likeness (QED) is 0.576. The van der Waals surface area contributed by atoms with E-state index in [9.17, 15) is 14.7 Å². The molecule has 6 nitrogen and oxygen atoms in total. The molecule has 0 heterocycles. The Kier molecular flexibility index (Phi) is 6.08. The Morgan fingerprint density at radius 3 is 2.37 bits per heavy atom. The Morgan fingerprint density at radius 2 is 1.79 bits per heavy atom. The van der Waals surface area contributed by atoms with Gasteiger partial charge in [-0.05, 0) is 18.8 Å². The number of carboxylic acids is 1.